The van der Waals surface area contributed by atoms with Gasteiger partial charge in [-0.15, -0.1) is 0 Å². The predicted octanol–water partition coefficient (Wildman–Crippen LogP) is 1.29. The average Bonchev–Trinajstić information content (AvgIpc) is 2.48. The molecule has 99 valence electrons. The number of pyridine rings is 2. The molecule has 0 saturated carbocycles. The second-order valence-electron chi connectivity index (χ2n) is 3.96. The monoisotopic (exact) mass is 266 g/mol. The second-order valence-corrected chi connectivity index (χ2v) is 3.96. The number of hydrogen-bond acceptors (Lipinski definition) is 4. The molecule has 2 heterocycles. The van der Waals surface area contributed by atoms with E-state index < -0.39 is 0 Å². The van der Waals surface area contributed by atoms with Gasteiger partial charge in [-0.3, -0.25) is 19.6 Å². The van der Waals surface area contributed by atoms with Crippen LogP contribution in [0.4, 0.5) is 0 Å². The summed E-state index contributed by atoms with van der Waals surface area (Å²) in [6.45, 7) is 0. The topological polar surface area (TPSA) is 72.0 Å². The maximum atomic E-state index is 11.8. The average molecular weight is 266 g/mol. The number of carbonyl (C=O) groups is 1. The van der Waals surface area contributed by atoms with Gasteiger partial charge in [0.15, 0.2) is 0 Å². The van der Waals surface area contributed by atoms with Crippen molar-refractivity contribution in [1.82, 2.24) is 15.3 Å². The van der Waals surface area contributed by atoms with Gasteiger partial charge in [-0.25, -0.2) is 0 Å². The lowest BCUT2D eigenvalue weighted by molar-refractivity contribution is -0.119. The van der Waals surface area contributed by atoms with Crippen molar-refractivity contribution in [1.29, 1.82) is 0 Å². The van der Waals surface area contributed by atoms with Crippen LogP contribution < -0.4 is 5.32 Å². The number of carbonyl (C=O) groups excluding carboxylic acids is 2. The third-order valence-electron chi connectivity index (χ3n) is 2.43. The van der Waals surface area contributed by atoms with E-state index in [4.69, 9.17) is 0 Å². The molecule has 2 aromatic heterocycles. The van der Waals surface area contributed by atoms with Gasteiger partial charge < -0.3 is 5.32 Å². The van der Waals surface area contributed by atoms with Crippen LogP contribution in [0.1, 0.15) is 11.4 Å². The van der Waals surface area contributed by atoms with E-state index in [1.54, 1.807) is 55.1 Å². The van der Waals surface area contributed by atoms with Crippen LogP contribution in [-0.2, 0) is 16.0 Å². The second kappa shape index (κ2) is 6.94. The fraction of sp³-hybridized carbons (Fsp3) is 0.0667. The summed E-state index contributed by atoms with van der Waals surface area (Å²) in [5.74, 6) is -0.325. The maximum absolute atomic E-state index is 11.8. The molecule has 0 fully saturated rings. The van der Waals surface area contributed by atoms with Crippen molar-refractivity contribution < 1.29 is 9.59 Å². The van der Waals surface area contributed by atoms with E-state index in [0.29, 0.717) is 11.4 Å². The number of rotatable bonds is 5. The fourth-order valence-corrected chi connectivity index (χ4v) is 1.56. The number of hydrogen-bond donors (Lipinski definition) is 1. The Bertz CT molecular complexity index is 610. The highest BCUT2D eigenvalue weighted by Gasteiger charge is 2.07. The zero-order chi connectivity index (χ0) is 14.2. The Balaban J connectivity index is 2.02. The highest BCUT2D eigenvalue weighted by atomic mass is 16.2. The molecule has 5 heteroatoms. The molecule has 2 rings (SSSR count). The fourth-order valence-electron chi connectivity index (χ4n) is 1.56. The van der Waals surface area contributed by atoms with Crippen molar-refractivity contribution in [2.75, 3.05) is 0 Å². The van der Waals surface area contributed by atoms with Gasteiger partial charge in [-0.1, -0.05) is 12.1 Å². The molecule has 1 amide bonds. The molecule has 0 unspecified atom stereocenters. The minimum atomic E-state index is -0.325. The molecule has 0 spiro atoms. The minimum Gasteiger partial charge on any atom is -0.322 e. The number of allylic oxidation sites excluding steroid dienone is 1. The first-order chi connectivity index (χ1) is 9.78. The molecule has 0 saturated heterocycles. The zero-order valence-corrected chi connectivity index (χ0v) is 10.6. The summed E-state index contributed by atoms with van der Waals surface area (Å²) < 4.78 is 0. The summed E-state index contributed by atoms with van der Waals surface area (Å²) in [4.78, 5) is 30.7. The van der Waals surface area contributed by atoms with Crippen LogP contribution in [0.3, 0.4) is 0 Å². The first-order valence-corrected chi connectivity index (χ1v) is 5.98. The Morgan fingerprint density at radius 1 is 1.15 bits per heavy atom. The number of nitrogens with one attached hydrogen (secondary N) is 1. The highest BCUT2D eigenvalue weighted by Crippen LogP contribution is 2.01. The van der Waals surface area contributed by atoms with E-state index in [-0.39, 0.29) is 18.0 Å². The van der Waals surface area contributed by atoms with Crippen molar-refractivity contribution in [3.05, 3.63) is 65.9 Å². The van der Waals surface area contributed by atoms with Crippen LogP contribution in [0.25, 0.3) is 6.08 Å². The maximum Gasteiger partial charge on any atom is 0.251 e. The van der Waals surface area contributed by atoms with E-state index >= 15 is 0 Å². The molecule has 1 N–H and O–H groups in total. The molecule has 0 aliphatic rings. The van der Waals surface area contributed by atoms with Crippen LogP contribution in [0.2, 0.25) is 0 Å². The van der Waals surface area contributed by atoms with Crippen LogP contribution in [0.15, 0.2) is 54.5 Å². The van der Waals surface area contributed by atoms with Crippen LogP contribution in [0, 0.1) is 0 Å². The van der Waals surface area contributed by atoms with Gasteiger partial charge in [0, 0.05) is 18.1 Å². The molecule has 0 bridgehead atoms. The Kier molecular flexibility index (Phi) is 4.72. The molecule has 0 atom stereocenters. The predicted molar refractivity (Wildman–Crippen MR) is 74.0 cm³/mol. The SMILES string of the molecule is O=[C]C(=Cc1ccccn1)NC(=O)Cc1ccccn1. The van der Waals surface area contributed by atoms with Crippen molar-refractivity contribution in [3.63, 3.8) is 0 Å². The Morgan fingerprint density at radius 3 is 2.50 bits per heavy atom. The van der Waals surface area contributed by atoms with Gasteiger partial charge in [0.05, 0.1) is 17.8 Å². The standard InChI is InChI=1S/C15H12N3O2/c19-11-14(9-12-5-1-3-7-16-12)18-15(20)10-13-6-2-4-8-17-13/h1-9H,10H2,(H,18,20). The Morgan fingerprint density at radius 2 is 1.90 bits per heavy atom. The summed E-state index contributed by atoms with van der Waals surface area (Å²) in [7, 11) is 0. The molecule has 0 aliphatic heterocycles. The molecular weight excluding hydrogens is 254 g/mol. The zero-order valence-electron chi connectivity index (χ0n) is 10.6. The third kappa shape index (κ3) is 4.13. The number of aromatic nitrogens is 2. The third-order valence-corrected chi connectivity index (χ3v) is 2.43. The summed E-state index contributed by atoms with van der Waals surface area (Å²) in [6.07, 6.45) is 6.46. The van der Waals surface area contributed by atoms with Crippen LogP contribution in [0.5, 0.6) is 0 Å². The summed E-state index contributed by atoms with van der Waals surface area (Å²) in [5.41, 5.74) is 1.25. The summed E-state index contributed by atoms with van der Waals surface area (Å²) in [5, 5.41) is 2.48. The van der Waals surface area contributed by atoms with Gasteiger partial charge in [0.2, 0.25) is 5.91 Å². The lowest BCUT2D eigenvalue weighted by Crippen LogP contribution is -2.25. The Hall–Kier alpha value is -2.82. The van der Waals surface area contributed by atoms with E-state index in [2.05, 4.69) is 15.3 Å². The number of amides is 1. The van der Waals surface area contributed by atoms with Gasteiger partial charge in [0.25, 0.3) is 6.29 Å². The minimum absolute atomic E-state index is 0.0460. The van der Waals surface area contributed by atoms with E-state index in [1.807, 2.05) is 0 Å². The molecular formula is C15H12N3O2. The van der Waals surface area contributed by atoms with Gasteiger partial charge in [-0.2, -0.15) is 0 Å². The quantitative estimate of drug-likeness (QED) is 0.828. The first-order valence-electron chi connectivity index (χ1n) is 5.98. The molecule has 1 radical (unpaired) electrons. The van der Waals surface area contributed by atoms with Crippen LogP contribution in [-0.4, -0.2) is 22.2 Å². The summed E-state index contributed by atoms with van der Waals surface area (Å²) >= 11 is 0. The largest absolute Gasteiger partial charge is 0.322 e. The van der Waals surface area contributed by atoms with Gasteiger partial charge in [0.1, 0.15) is 0 Å². The number of nitrogens with zero attached hydrogens (tertiary/aromatic N) is 2. The van der Waals surface area contributed by atoms with E-state index in [9.17, 15) is 9.59 Å². The normalized spacial score (nSPS) is 10.9. The first kappa shape index (κ1) is 13.6. The molecule has 0 aliphatic carbocycles. The van der Waals surface area contributed by atoms with Crippen molar-refractivity contribution in [2.45, 2.75) is 6.42 Å². The molecule has 20 heavy (non-hydrogen) atoms. The summed E-state index contributed by atoms with van der Waals surface area (Å²) in [6, 6.07) is 10.6. The van der Waals surface area contributed by atoms with Crippen LogP contribution >= 0.6 is 0 Å². The molecule has 0 aromatic carbocycles. The lowest BCUT2D eigenvalue weighted by Gasteiger charge is -2.03. The molecule has 2 aromatic rings. The van der Waals surface area contributed by atoms with E-state index in [0.717, 1.165) is 0 Å². The molecule has 5 nitrogen and oxygen atoms in total. The van der Waals surface area contributed by atoms with Crippen molar-refractivity contribution in [3.8, 4) is 0 Å². The van der Waals surface area contributed by atoms with Crippen molar-refractivity contribution >= 4 is 18.3 Å². The lowest BCUT2D eigenvalue weighted by atomic mass is 10.2. The smallest absolute Gasteiger partial charge is 0.251 e. The van der Waals surface area contributed by atoms with Gasteiger partial charge in [-0.05, 0) is 30.3 Å². The van der Waals surface area contributed by atoms with E-state index in [1.165, 1.54) is 6.08 Å². The van der Waals surface area contributed by atoms with Crippen molar-refractivity contribution in [2.24, 2.45) is 0 Å². The highest BCUT2D eigenvalue weighted by molar-refractivity contribution is 5.90. The Labute approximate surface area is 116 Å². The van der Waals surface area contributed by atoms with Gasteiger partial charge >= 0.3 is 0 Å².